The average molecular weight is 266 g/mol. The van der Waals surface area contributed by atoms with Crippen LogP contribution in [0.3, 0.4) is 0 Å². The lowest BCUT2D eigenvalue weighted by atomic mass is 10.2. The molecular weight excluding hydrogens is 252 g/mol. The zero-order valence-corrected chi connectivity index (χ0v) is 10.7. The molecule has 0 saturated heterocycles. The molecule has 0 saturated carbocycles. The van der Waals surface area contributed by atoms with Gasteiger partial charge >= 0.3 is 0 Å². The molecule has 0 fully saturated rings. The maximum absolute atomic E-state index is 11.9. The Labute approximate surface area is 108 Å². The van der Waals surface area contributed by atoms with Gasteiger partial charge in [-0.1, -0.05) is 6.92 Å². The first-order valence-corrected chi connectivity index (χ1v) is 6.33. The summed E-state index contributed by atoms with van der Waals surface area (Å²) >= 11 is 1.22. The van der Waals surface area contributed by atoms with Crippen LogP contribution in [-0.4, -0.2) is 34.1 Å². The third kappa shape index (κ3) is 2.41. The molecule has 2 aromatic heterocycles. The molecular formula is C11H14N4O2S. The summed E-state index contributed by atoms with van der Waals surface area (Å²) in [7, 11) is 0. The first-order chi connectivity index (χ1) is 8.63. The molecule has 2 aromatic rings. The summed E-state index contributed by atoms with van der Waals surface area (Å²) in [6, 6.07) is 0. The van der Waals surface area contributed by atoms with Crippen molar-refractivity contribution in [3.63, 3.8) is 0 Å². The van der Waals surface area contributed by atoms with Gasteiger partial charge in [-0.15, -0.1) is 11.3 Å². The summed E-state index contributed by atoms with van der Waals surface area (Å²) in [5.41, 5.74) is 6.79. The second-order valence-electron chi connectivity index (χ2n) is 4.05. The van der Waals surface area contributed by atoms with Crippen molar-refractivity contribution in [3.8, 4) is 0 Å². The number of nitrogens with one attached hydrogen (secondary N) is 1. The number of fused-ring (bicyclic) bond motifs is 1. The molecule has 0 aliphatic rings. The van der Waals surface area contributed by atoms with Crippen LogP contribution in [0, 0.1) is 5.92 Å². The summed E-state index contributed by atoms with van der Waals surface area (Å²) in [4.78, 5) is 21.2. The third-order valence-corrected chi connectivity index (χ3v) is 3.59. The van der Waals surface area contributed by atoms with Gasteiger partial charge in [0.25, 0.3) is 5.91 Å². The van der Waals surface area contributed by atoms with Gasteiger partial charge < -0.3 is 16.2 Å². The van der Waals surface area contributed by atoms with Crippen LogP contribution in [0.15, 0.2) is 12.4 Å². The molecule has 7 heteroatoms. The van der Waals surface area contributed by atoms with Crippen molar-refractivity contribution in [2.75, 3.05) is 18.9 Å². The van der Waals surface area contributed by atoms with E-state index in [0.717, 1.165) is 0 Å². The standard InChI is InChI=1S/C11H14N4O2S/c1-6(5-16)4-15-10(17)9-7(12)8-11(18-9)14-3-2-13-8/h2-3,6,16H,4-5,12H2,1H3,(H,15,17). The SMILES string of the molecule is CC(CO)CNC(=O)c1sc2nccnc2c1N. The predicted molar refractivity (Wildman–Crippen MR) is 70.4 cm³/mol. The molecule has 0 aliphatic carbocycles. The van der Waals surface area contributed by atoms with Gasteiger partial charge in [0.15, 0.2) is 0 Å². The Hall–Kier alpha value is -1.73. The number of amides is 1. The lowest BCUT2D eigenvalue weighted by Crippen LogP contribution is -2.29. The molecule has 1 atom stereocenters. The maximum Gasteiger partial charge on any atom is 0.263 e. The van der Waals surface area contributed by atoms with E-state index in [1.807, 2.05) is 6.92 Å². The second kappa shape index (κ2) is 5.28. The summed E-state index contributed by atoms with van der Waals surface area (Å²) < 4.78 is 0. The normalized spacial score (nSPS) is 12.6. The lowest BCUT2D eigenvalue weighted by molar-refractivity contribution is 0.0947. The summed E-state index contributed by atoms with van der Waals surface area (Å²) in [6.07, 6.45) is 3.11. The van der Waals surface area contributed by atoms with Crippen LogP contribution >= 0.6 is 11.3 Å². The Morgan fingerprint density at radius 2 is 2.28 bits per heavy atom. The van der Waals surface area contributed by atoms with E-state index in [0.29, 0.717) is 27.5 Å². The van der Waals surface area contributed by atoms with Crippen molar-refractivity contribution in [2.24, 2.45) is 5.92 Å². The molecule has 2 heterocycles. The minimum absolute atomic E-state index is 0.0146. The average Bonchev–Trinajstić information content (AvgIpc) is 2.73. The molecule has 1 amide bonds. The molecule has 0 spiro atoms. The number of anilines is 1. The number of nitrogen functional groups attached to an aromatic ring is 1. The number of carbonyl (C=O) groups is 1. The van der Waals surface area contributed by atoms with Gasteiger partial charge in [0.05, 0.1) is 5.69 Å². The highest BCUT2D eigenvalue weighted by molar-refractivity contribution is 7.21. The molecule has 0 radical (unpaired) electrons. The number of aliphatic hydroxyl groups is 1. The van der Waals surface area contributed by atoms with Gasteiger partial charge in [-0.05, 0) is 5.92 Å². The fourth-order valence-electron chi connectivity index (χ4n) is 1.42. The largest absolute Gasteiger partial charge is 0.396 e. The molecule has 4 N–H and O–H groups in total. The van der Waals surface area contributed by atoms with Gasteiger partial charge in [0, 0.05) is 25.5 Å². The topological polar surface area (TPSA) is 101 Å². The quantitative estimate of drug-likeness (QED) is 0.753. The molecule has 96 valence electrons. The van der Waals surface area contributed by atoms with Crippen LogP contribution in [0.4, 0.5) is 5.69 Å². The van der Waals surface area contributed by atoms with Crippen LogP contribution in [0.25, 0.3) is 10.3 Å². The van der Waals surface area contributed by atoms with Crippen LogP contribution in [0.5, 0.6) is 0 Å². The van der Waals surface area contributed by atoms with Gasteiger partial charge in [-0.25, -0.2) is 9.97 Å². The number of nitrogens with zero attached hydrogens (tertiary/aromatic N) is 2. The van der Waals surface area contributed by atoms with Crippen molar-refractivity contribution in [1.82, 2.24) is 15.3 Å². The molecule has 0 aromatic carbocycles. The third-order valence-electron chi connectivity index (χ3n) is 2.49. The smallest absolute Gasteiger partial charge is 0.263 e. The predicted octanol–water partition coefficient (Wildman–Crippen LogP) is 0.632. The van der Waals surface area contributed by atoms with Gasteiger partial charge in [0.2, 0.25) is 0 Å². The van der Waals surface area contributed by atoms with Crippen molar-refractivity contribution in [1.29, 1.82) is 0 Å². The number of carbonyl (C=O) groups excluding carboxylic acids is 1. The maximum atomic E-state index is 11.9. The van der Waals surface area contributed by atoms with Crippen LogP contribution in [0.2, 0.25) is 0 Å². The number of nitrogens with two attached hydrogens (primary N) is 1. The minimum Gasteiger partial charge on any atom is -0.396 e. The monoisotopic (exact) mass is 266 g/mol. The van der Waals surface area contributed by atoms with Gasteiger partial charge in [0.1, 0.15) is 15.2 Å². The molecule has 0 bridgehead atoms. The van der Waals surface area contributed by atoms with Crippen molar-refractivity contribution in [2.45, 2.75) is 6.92 Å². The highest BCUT2D eigenvalue weighted by atomic mass is 32.1. The van der Waals surface area contributed by atoms with E-state index in [9.17, 15) is 4.79 Å². The molecule has 18 heavy (non-hydrogen) atoms. The zero-order valence-electron chi connectivity index (χ0n) is 9.88. The van der Waals surface area contributed by atoms with Crippen molar-refractivity contribution >= 4 is 33.3 Å². The van der Waals surface area contributed by atoms with Crippen molar-refractivity contribution < 1.29 is 9.90 Å². The number of rotatable bonds is 4. The Morgan fingerprint density at radius 1 is 1.56 bits per heavy atom. The number of thiophene rings is 1. The fourth-order valence-corrected chi connectivity index (χ4v) is 2.36. The zero-order chi connectivity index (χ0) is 13.1. The summed E-state index contributed by atoms with van der Waals surface area (Å²) in [5, 5.41) is 11.6. The highest BCUT2D eigenvalue weighted by Crippen LogP contribution is 2.30. The van der Waals surface area contributed by atoms with E-state index in [4.69, 9.17) is 10.8 Å². The minimum atomic E-state index is -0.252. The van der Waals surface area contributed by atoms with Crippen LogP contribution in [0.1, 0.15) is 16.6 Å². The van der Waals surface area contributed by atoms with E-state index < -0.39 is 0 Å². The summed E-state index contributed by atoms with van der Waals surface area (Å²) in [5.74, 6) is -0.238. The second-order valence-corrected chi connectivity index (χ2v) is 5.05. The number of aromatic nitrogens is 2. The fraction of sp³-hybridized carbons (Fsp3) is 0.364. The van der Waals surface area contributed by atoms with E-state index in [1.165, 1.54) is 11.3 Å². The van der Waals surface area contributed by atoms with E-state index >= 15 is 0 Å². The first-order valence-electron chi connectivity index (χ1n) is 5.51. The lowest BCUT2D eigenvalue weighted by Gasteiger charge is -2.08. The summed E-state index contributed by atoms with van der Waals surface area (Å²) in [6.45, 7) is 2.28. The molecule has 6 nitrogen and oxygen atoms in total. The van der Waals surface area contributed by atoms with Gasteiger partial charge in [-0.3, -0.25) is 4.79 Å². The number of aliphatic hydroxyl groups excluding tert-OH is 1. The molecule has 2 rings (SSSR count). The first kappa shape index (κ1) is 12.7. The van der Waals surface area contributed by atoms with E-state index in [2.05, 4.69) is 15.3 Å². The Kier molecular flexibility index (Phi) is 3.73. The van der Waals surface area contributed by atoms with E-state index in [1.54, 1.807) is 12.4 Å². The Bertz CT molecular complexity index is 569. The highest BCUT2D eigenvalue weighted by Gasteiger charge is 2.17. The number of hydrogen-bond acceptors (Lipinski definition) is 6. The van der Waals surface area contributed by atoms with E-state index in [-0.39, 0.29) is 18.4 Å². The Morgan fingerprint density at radius 3 is 2.94 bits per heavy atom. The molecule has 1 unspecified atom stereocenters. The number of hydrogen-bond donors (Lipinski definition) is 3. The molecule has 0 aliphatic heterocycles. The van der Waals surface area contributed by atoms with Crippen LogP contribution < -0.4 is 11.1 Å². The van der Waals surface area contributed by atoms with Gasteiger partial charge in [-0.2, -0.15) is 0 Å². The van der Waals surface area contributed by atoms with Crippen molar-refractivity contribution in [3.05, 3.63) is 17.3 Å². The van der Waals surface area contributed by atoms with Crippen LogP contribution in [-0.2, 0) is 0 Å². The Balaban J connectivity index is 2.20.